The maximum Gasteiger partial charge on any atom is 0.251 e. The number of piperidine rings is 1. The van der Waals surface area contributed by atoms with Gasteiger partial charge in [0.25, 0.3) is 5.56 Å². The fraction of sp³-hybridized carbons (Fsp3) is 0.286. The first-order chi connectivity index (χ1) is 13.2. The van der Waals surface area contributed by atoms with Crippen molar-refractivity contribution in [3.05, 3.63) is 64.7 Å². The number of H-pyrrole nitrogens is 1. The van der Waals surface area contributed by atoms with Crippen LogP contribution in [0.1, 0.15) is 31.4 Å². The Hall–Kier alpha value is -2.99. The van der Waals surface area contributed by atoms with E-state index in [9.17, 15) is 4.79 Å². The number of hydrogen-bond acceptors (Lipinski definition) is 4. The molecule has 3 aromatic heterocycles. The number of aromatic amines is 1. The Kier molecular flexibility index (Phi) is 3.79. The largest absolute Gasteiger partial charge is 0.314 e. The van der Waals surface area contributed by atoms with E-state index in [0.29, 0.717) is 17.6 Å². The van der Waals surface area contributed by atoms with Gasteiger partial charge in [0.2, 0.25) is 0 Å². The molecule has 1 aliphatic rings. The molecule has 0 bridgehead atoms. The number of rotatable bonds is 2. The van der Waals surface area contributed by atoms with E-state index >= 15 is 0 Å². The van der Waals surface area contributed by atoms with Crippen molar-refractivity contribution in [1.29, 1.82) is 0 Å². The minimum absolute atomic E-state index is 0.0895. The van der Waals surface area contributed by atoms with Gasteiger partial charge in [0, 0.05) is 24.2 Å². The SMILES string of the molecule is C[C@@H]1C[C@@H](c2cc(=O)[nH]c3c4c(-c5ccccc5)ccnc4nn23)CCN1. The molecule has 2 atom stereocenters. The Morgan fingerprint density at radius 1 is 1.19 bits per heavy atom. The smallest absolute Gasteiger partial charge is 0.251 e. The zero-order chi connectivity index (χ0) is 18.4. The van der Waals surface area contributed by atoms with Gasteiger partial charge in [0.05, 0.1) is 11.1 Å². The Morgan fingerprint density at radius 3 is 2.85 bits per heavy atom. The van der Waals surface area contributed by atoms with Crippen LogP contribution in [0.4, 0.5) is 0 Å². The summed E-state index contributed by atoms with van der Waals surface area (Å²) in [5.41, 5.74) is 4.38. The molecule has 0 saturated carbocycles. The van der Waals surface area contributed by atoms with Crippen LogP contribution in [0.25, 0.3) is 27.8 Å². The van der Waals surface area contributed by atoms with Gasteiger partial charge in [-0.2, -0.15) is 0 Å². The van der Waals surface area contributed by atoms with E-state index in [2.05, 4.69) is 34.3 Å². The summed E-state index contributed by atoms with van der Waals surface area (Å²) < 4.78 is 1.90. The molecular formula is C21H21N5O. The average Bonchev–Trinajstić information content (AvgIpc) is 3.06. The molecule has 136 valence electrons. The second-order valence-electron chi connectivity index (χ2n) is 7.32. The van der Waals surface area contributed by atoms with Crippen molar-refractivity contribution in [3.63, 3.8) is 0 Å². The van der Waals surface area contributed by atoms with E-state index in [0.717, 1.165) is 47.2 Å². The molecule has 0 amide bonds. The Bertz CT molecular complexity index is 1180. The zero-order valence-corrected chi connectivity index (χ0v) is 15.1. The lowest BCUT2D eigenvalue weighted by Gasteiger charge is -2.28. The van der Waals surface area contributed by atoms with Crippen LogP contribution in [0.15, 0.2) is 53.5 Å². The van der Waals surface area contributed by atoms with Crippen LogP contribution in [0.3, 0.4) is 0 Å². The van der Waals surface area contributed by atoms with Gasteiger partial charge in [-0.25, -0.2) is 9.50 Å². The molecule has 6 heteroatoms. The molecule has 5 rings (SSSR count). The molecule has 2 N–H and O–H groups in total. The van der Waals surface area contributed by atoms with E-state index in [1.54, 1.807) is 12.3 Å². The first-order valence-corrected chi connectivity index (χ1v) is 9.40. The lowest BCUT2D eigenvalue weighted by atomic mass is 9.90. The molecular weight excluding hydrogens is 338 g/mol. The number of fused-ring (bicyclic) bond motifs is 3. The normalized spacial score (nSPS) is 20.3. The summed E-state index contributed by atoms with van der Waals surface area (Å²) in [6.45, 7) is 3.14. The van der Waals surface area contributed by atoms with Crippen molar-refractivity contribution in [2.45, 2.75) is 31.7 Å². The molecule has 1 aliphatic heterocycles. The average molecular weight is 359 g/mol. The van der Waals surface area contributed by atoms with Crippen LogP contribution in [0, 0.1) is 0 Å². The van der Waals surface area contributed by atoms with Gasteiger partial charge in [0.15, 0.2) is 5.65 Å². The van der Waals surface area contributed by atoms with Crippen molar-refractivity contribution in [3.8, 4) is 11.1 Å². The highest BCUT2D eigenvalue weighted by molar-refractivity contribution is 6.02. The molecule has 0 radical (unpaired) electrons. The van der Waals surface area contributed by atoms with Crippen molar-refractivity contribution in [2.24, 2.45) is 0 Å². The highest BCUT2D eigenvalue weighted by Gasteiger charge is 2.24. The zero-order valence-electron chi connectivity index (χ0n) is 15.1. The third kappa shape index (κ3) is 2.73. The predicted octanol–water partition coefficient (Wildman–Crippen LogP) is 3.09. The molecule has 0 unspecified atom stereocenters. The van der Waals surface area contributed by atoms with E-state index in [-0.39, 0.29) is 5.56 Å². The highest BCUT2D eigenvalue weighted by Crippen LogP contribution is 2.32. The van der Waals surface area contributed by atoms with Gasteiger partial charge in [-0.3, -0.25) is 4.79 Å². The Morgan fingerprint density at radius 2 is 2.04 bits per heavy atom. The minimum atomic E-state index is -0.0895. The lowest BCUT2D eigenvalue weighted by molar-refractivity contribution is 0.372. The fourth-order valence-electron chi connectivity index (χ4n) is 4.21. The van der Waals surface area contributed by atoms with Gasteiger partial charge in [-0.1, -0.05) is 30.3 Å². The summed E-state index contributed by atoms with van der Waals surface area (Å²) >= 11 is 0. The van der Waals surface area contributed by atoms with Crippen molar-refractivity contribution in [1.82, 2.24) is 24.9 Å². The predicted molar refractivity (Wildman–Crippen MR) is 106 cm³/mol. The van der Waals surface area contributed by atoms with E-state index in [4.69, 9.17) is 5.10 Å². The van der Waals surface area contributed by atoms with Crippen LogP contribution >= 0.6 is 0 Å². The summed E-state index contributed by atoms with van der Waals surface area (Å²) in [5.74, 6) is 0.306. The second kappa shape index (κ2) is 6.32. The summed E-state index contributed by atoms with van der Waals surface area (Å²) in [4.78, 5) is 20.0. The molecule has 6 nitrogen and oxygen atoms in total. The maximum absolute atomic E-state index is 12.5. The number of hydrogen-bond donors (Lipinski definition) is 2. The monoisotopic (exact) mass is 359 g/mol. The molecule has 27 heavy (non-hydrogen) atoms. The van der Waals surface area contributed by atoms with Crippen molar-refractivity contribution in [2.75, 3.05) is 6.54 Å². The molecule has 1 saturated heterocycles. The number of nitrogens with one attached hydrogen (secondary N) is 2. The second-order valence-corrected chi connectivity index (χ2v) is 7.32. The molecule has 0 spiro atoms. The molecule has 1 aromatic carbocycles. The summed E-state index contributed by atoms with van der Waals surface area (Å²) in [7, 11) is 0. The van der Waals surface area contributed by atoms with E-state index in [1.165, 1.54) is 0 Å². The molecule has 4 aromatic rings. The molecule has 0 aliphatic carbocycles. The van der Waals surface area contributed by atoms with Gasteiger partial charge in [-0.15, -0.1) is 5.10 Å². The quantitative estimate of drug-likeness (QED) is 0.577. The lowest BCUT2D eigenvalue weighted by Crippen LogP contribution is -2.35. The fourth-order valence-corrected chi connectivity index (χ4v) is 4.21. The standard InChI is InChI=1S/C21H21N5O/c1-13-11-15(7-9-22-13)17-12-18(27)24-21-19-16(14-5-3-2-4-6-14)8-10-23-20(19)25-26(17)21/h2-6,8,10,12-13,15,22H,7,9,11H2,1H3,(H,24,27)/t13-,15+/m1/s1. The summed E-state index contributed by atoms with van der Waals surface area (Å²) in [6.07, 6.45) is 3.77. The van der Waals surface area contributed by atoms with Crippen LogP contribution in [-0.4, -0.2) is 32.2 Å². The minimum Gasteiger partial charge on any atom is -0.314 e. The first-order valence-electron chi connectivity index (χ1n) is 9.40. The van der Waals surface area contributed by atoms with Crippen molar-refractivity contribution >= 4 is 16.7 Å². The van der Waals surface area contributed by atoms with Crippen LogP contribution in [0.2, 0.25) is 0 Å². The molecule has 4 heterocycles. The number of nitrogens with zero attached hydrogens (tertiary/aromatic N) is 3. The van der Waals surface area contributed by atoms with Crippen LogP contribution < -0.4 is 10.9 Å². The number of aromatic nitrogens is 4. The van der Waals surface area contributed by atoms with E-state index < -0.39 is 0 Å². The number of pyridine rings is 1. The van der Waals surface area contributed by atoms with E-state index in [1.807, 2.05) is 28.8 Å². The van der Waals surface area contributed by atoms with Gasteiger partial charge in [-0.05, 0) is 43.5 Å². The highest BCUT2D eigenvalue weighted by atomic mass is 16.1. The summed E-state index contributed by atoms with van der Waals surface area (Å²) in [5, 5.41) is 9.12. The first kappa shape index (κ1) is 16.2. The number of benzene rings is 1. The Labute approximate surface area is 156 Å². The third-order valence-electron chi connectivity index (χ3n) is 5.47. The summed E-state index contributed by atoms with van der Waals surface area (Å²) in [6, 6.07) is 14.3. The van der Waals surface area contributed by atoms with Gasteiger partial charge >= 0.3 is 0 Å². The van der Waals surface area contributed by atoms with Gasteiger partial charge < -0.3 is 10.3 Å². The van der Waals surface area contributed by atoms with Crippen LogP contribution in [0.5, 0.6) is 0 Å². The topological polar surface area (TPSA) is 75.1 Å². The van der Waals surface area contributed by atoms with Gasteiger partial charge in [0.1, 0.15) is 5.65 Å². The van der Waals surface area contributed by atoms with Crippen LogP contribution in [-0.2, 0) is 0 Å². The van der Waals surface area contributed by atoms with Crippen molar-refractivity contribution < 1.29 is 0 Å². The maximum atomic E-state index is 12.5. The molecule has 1 fully saturated rings. The Balaban J connectivity index is 1.79. The third-order valence-corrected chi connectivity index (χ3v) is 5.47.